The molecule has 21 heavy (non-hydrogen) atoms. The van der Waals surface area contributed by atoms with Crippen LogP contribution in [0.4, 0.5) is 0 Å². The Bertz CT molecular complexity index is 650. The molecule has 1 aromatic carbocycles. The van der Waals surface area contributed by atoms with E-state index in [-0.39, 0.29) is 5.97 Å². The minimum absolute atomic E-state index is 0.386. The van der Waals surface area contributed by atoms with Gasteiger partial charge in [-0.1, -0.05) is 12.1 Å². The summed E-state index contributed by atoms with van der Waals surface area (Å²) in [4.78, 5) is 13.6. The molecule has 1 heterocycles. The first-order valence-electron chi connectivity index (χ1n) is 6.34. The molecule has 0 saturated carbocycles. The zero-order valence-corrected chi connectivity index (χ0v) is 13.4. The number of nitrogens with zero attached hydrogens (tertiary/aromatic N) is 2. The third-order valence-corrected chi connectivity index (χ3v) is 3.62. The van der Waals surface area contributed by atoms with Crippen LogP contribution in [0.5, 0.6) is 0 Å². The number of hydrogen-bond acceptors (Lipinski definition) is 4. The molecule has 110 valence electrons. The fraction of sp³-hybridized carbons (Fsp3) is 0.200. The lowest BCUT2D eigenvalue weighted by molar-refractivity contribution is 0.0600. The predicted molar refractivity (Wildman–Crippen MR) is 86.1 cm³/mol. The number of rotatable bonds is 2. The predicted octanol–water partition coefficient (Wildman–Crippen LogP) is 2.51. The summed E-state index contributed by atoms with van der Waals surface area (Å²) in [5, 5.41) is 3.89. The average Bonchev–Trinajstić information content (AvgIpc) is 2.49. The first kappa shape index (κ1) is 15.3. The van der Waals surface area contributed by atoms with Crippen LogP contribution in [0, 0.1) is 6.92 Å². The normalized spacial score (nSPS) is 14.9. The van der Waals surface area contributed by atoms with Gasteiger partial charge in [0.1, 0.15) is 0 Å². The van der Waals surface area contributed by atoms with E-state index in [0.29, 0.717) is 17.9 Å². The number of halogens is 1. The van der Waals surface area contributed by atoms with Gasteiger partial charge < -0.3 is 15.5 Å². The number of carbonyl (C=O) groups excluding carboxylic acids is 1. The van der Waals surface area contributed by atoms with Crippen LogP contribution >= 0.6 is 15.9 Å². The number of aryl methyl sites for hydroxylation is 1. The lowest BCUT2D eigenvalue weighted by Crippen LogP contribution is -2.30. The van der Waals surface area contributed by atoms with E-state index in [1.54, 1.807) is 12.1 Å². The molecule has 0 saturated heterocycles. The topological polar surface area (TPSA) is 67.9 Å². The molecule has 0 aliphatic carbocycles. The maximum Gasteiger partial charge on any atom is 0.337 e. The van der Waals surface area contributed by atoms with Crippen LogP contribution in [0.3, 0.4) is 0 Å². The second kappa shape index (κ2) is 6.58. The van der Waals surface area contributed by atoms with Crippen LogP contribution in [0.25, 0.3) is 0 Å². The van der Waals surface area contributed by atoms with Gasteiger partial charge >= 0.3 is 5.97 Å². The molecule has 5 nitrogen and oxygen atoms in total. The van der Waals surface area contributed by atoms with Crippen molar-refractivity contribution in [3.05, 3.63) is 57.7 Å². The fourth-order valence-electron chi connectivity index (χ4n) is 2.08. The Hall–Kier alpha value is -2.08. The molecule has 0 amide bonds. The first-order valence-corrected chi connectivity index (χ1v) is 7.14. The molecule has 1 aromatic rings. The molecule has 0 bridgehead atoms. The molecule has 0 aromatic heterocycles. The van der Waals surface area contributed by atoms with E-state index >= 15 is 0 Å². The van der Waals surface area contributed by atoms with Gasteiger partial charge in [-0.15, -0.1) is 0 Å². The summed E-state index contributed by atoms with van der Waals surface area (Å²) >= 11 is 3.43. The number of carbonyl (C=O) groups is 1. The summed E-state index contributed by atoms with van der Waals surface area (Å²) < 4.78 is 5.68. The van der Waals surface area contributed by atoms with Crippen molar-refractivity contribution in [2.24, 2.45) is 10.9 Å². The quantitative estimate of drug-likeness (QED) is 0.293. The Morgan fingerprint density at radius 1 is 1.48 bits per heavy atom. The highest BCUT2D eigenvalue weighted by molar-refractivity contribution is 9.11. The van der Waals surface area contributed by atoms with Crippen LogP contribution in [0.1, 0.15) is 21.5 Å². The van der Waals surface area contributed by atoms with E-state index in [9.17, 15) is 4.79 Å². The molecular weight excluding hydrogens is 334 g/mol. The highest BCUT2D eigenvalue weighted by Crippen LogP contribution is 2.19. The van der Waals surface area contributed by atoms with Gasteiger partial charge in [0.15, 0.2) is 5.84 Å². The number of nitrogens with two attached hydrogens (primary N) is 1. The highest BCUT2D eigenvalue weighted by Gasteiger charge is 2.17. The van der Waals surface area contributed by atoms with Crippen LogP contribution in [-0.4, -0.2) is 30.4 Å². The van der Waals surface area contributed by atoms with E-state index in [0.717, 1.165) is 15.6 Å². The first-order chi connectivity index (χ1) is 10.1. The number of esters is 1. The number of allylic oxidation sites excluding steroid dienone is 2. The van der Waals surface area contributed by atoms with Gasteiger partial charge in [-0.25, -0.2) is 4.79 Å². The Morgan fingerprint density at radius 2 is 2.24 bits per heavy atom. The smallest absolute Gasteiger partial charge is 0.337 e. The number of amidine groups is 1. The summed E-state index contributed by atoms with van der Waals surface area (Å²) in [6.07, 6.45) is 5.85. The molecule has 0 unspecified atom stereocenters. The SMILES string of the molecule is COC(=O)c1ccc(C)c(/C(=N/N)N2C=C(Br)C=CC2)c1. The standard InChI is InChI=1S/C15H16BrN3O2/c1-10-5-6-11(15(20)21-2)8-13(10)14(18-17)19-7-3-4-12(16)9-19/h3-6,8-9H,7,17H2,1-2H3/b18-14-. The third kappa shape index (κ3) is 3.33. The average molecular weight is 350 g/mol. The minimum Gasteiger partial charge on any atom is -0.465 e. The number of ether oxygens (including phenoxy) is 1. The van der Waals surface area contributed by atoms with E-state index < -0.39 is 0 Å². The number of benzene rings is 1. The second-order valence-electron chi connectivity index (χ2n) is 4.54. The zero-order valence-electron chi connectivity index (χ0n) is 11.8. The summed E-state index contributed by atoms with van der Waals surface area (Å²) in [6.45, 7) is 2.60. The van der Waals surface area contributed by atoms with E-state index in [1.165, 1.54) is 7.11 Å². The molecule has 2 N–H and O–H groups in total. The Morgan fingerprint density at radius 3 is 2.86 bits per heavy atom. The van der Waals surface area contributed by atoms with Crippen LogP contribution in [0.15, 0.2) is 46.1 Å². The van der Waals surface area contributed by atoms with Crippen molar-refractivity contribution < 1.29 is 9.53 Å². The molecule has 6 heteroatoms. The molecule has 0 atom stereocenters. The zero-order chi connectivity index (χ0) is 15.4. The maximum absolute atomic E-state index is 11.7. The minimum atomic E-state index is -0.386. The van der Waals surface area contributed by atoms with Gasteiger partial charge in [0.2, 0.25) is 0 Å². The van der Waals surface area contributed by atoms with E-state index in [2.05, 4.69) is 21.0 Å². The van der Waals surface area contributed by atoms with Crippen molar-refractivity contribution >= 4 is 27.7 Å². The van der Waals surface area contributed by atoms with Crippen LogP contribution in [-0.2, 0) is 4.74 Å². The highest BCUT2D eigenvalue weighted by atomic mass is 79.9. The number of hydrogen-bond donors (Lipinski definition) is 1. The van der Waals surface area contributed by atoms with Gasteiger partial charge in [-0.3, -0.25) is 0 Å². The second-order valence-corrected chi connectivity index (χ2v) is 5.46. The van der Waals surface area contributed by atoms with Gasteiger partial charge in [0.25, 0.3) is 0 Å². The lowest BCUT2D eigenvalue weighted by Gasteiger charge is -2.24. The molecule has 1 aliphatic rings. The Labute approximate surface area is 131 Å². The van der Waals surface area contributed by atoms with Gasteiger partial charge in [0, 0.05) is 22.8 Å². The number of hydrazone groups is 1. The van der Waals surface area contributed by atoms with Crippen LogP contribution in [0.2, 0.25) is 0 Å². The fourth-order valence-corrected chi connectivity index (χ4v) is 2.51. The maximum atomic E-state index is 11.7. The Kier molecular flexibility index (Phi) is 4.80. The van der Waals surface area contributed by atoms with Crippen molar-refractivity contribution in [2.75, 3.05) is 13.7 Å². The third-order valence-electron chi connectivity index (χ3n) is 3.15. The lowest BCUT2D eigenvalue weighted by atomic mass is 10.0. The molecular formula is C15H16BrN3O2. The number of methoxy groups -OCH3 is 1. The van der Waals surface area contributed by atoms with Gasteiger partial charge in [-0.2, -0.15) is 5.10 Å². The van der Waals surface area contributed by atoms with Crippen molar-refractivity contribution in [1.82, 2.24) is 4.90 Å². The van der Waals surface area contributed by atoms with E-state index in [1.807, 2.05) is 36.2 Å². The van der Waals surface area contributed by atoms with Crippen molar-refractivity contribution in [3.8, 4) is 0 Å². The largest absolute Gasteiger partial charge is 0.465 e. The summed E-state index contributed by atoms with van der Waals surface area (Å²) in [7, 11) is 1.36. The molecule has 1 aliphatic heterocycles. The molecule has 0 radical (unpaired) electrons. The van der Waals surface area contributed by atoms with Gasteiger partial charge in [-0.05, 0) is 46.6 Å². The van der Waals surface area contributed by atoms with E-state index in [4.69, 9.17) is 10.6 Å². The summed E-state index contributed by atoms with van der Waals surface area (Å²) in [6, 6.07) is 5.32. The molecule has 2 rings (SSSR count). The van der Waals surface area contributed by atoms with Crippen molar-refractivity contribution in [2.45, 2.75) is 6.92 Å². The van der Waals surface area contributed by atoms with Crippen LogP contribution < -0.4 is 5.84 Å². The Balaban J connectivity index is 2.43. The van der Waals surface area contributed by atoms with Crippen molar-refractivity contribution in [1.29, 1.82) is 0 Å². The summed E-state index contributed by atoms with van der Waals surface area (Å²) in [5.41, 5.74) is 2.24. The van der Waals surface area contributed by atoms with Gasteiger partial charge in [0.05, 0.1) is 12.7 Å². The molecule has 0 spiro atoms. The van der Waals surface area contributed by atoms with Crippen molar-refractivity contribution in [3.63, 3.8) is 0 Å². The monoisotopic (exact) mass is 349 g/mol. The molecule has 0 fully saturated rings. The summed E-state index contributed by atoms with van der Waals surface area (Å²) in [5.74, 6) is 5.78.